The van der Waals surface area contributed by atoms with Gasteiger partial charge in [-0.2, -0.15) is 0 Å². The van der Waals surface area contributed by atoms with Gasteiger partial charge in [0.2, 0.25) is 0 Å². The fraction of sp³-hybridized carbons (Fsp3) is 1.00. The van der Waals surface area contributed by atoms with Crippen molar-refractivity contribution >= 4 is 11.6 Å². The second-order valence-corrected chi connectivity index (χ2v) is 4.07. The van der Waals surface area contributed by atoms with Crippen LogP contribution in [0.4, 0.5) is 0 Å². The number of hydrogen-bond acceptors (Lipinski definition) is 2. The SMILES string of the molecule is CCCC[C@H](CC)COC[C@H](O)CCl. The number of ether oxygens (including phenoxy) is 1. The lowest BCUT2D eigenvalue weighted by molar-refractivity contribution is 0.0282. The highest BCUT2D eigenvalue weighted by Gasteiger charge is 2.07. The molecule has 0 fully saturated rings. The molecule has 0 spiro atoms. The zero-order chi connectivity index (χ0) is 10.8. The van der Waals surface area contributed by atoms with Gasteiger partial charge in [0.15, 0.2) is 0 Å². The van der Waals surface area contributed by atoms with E-state index < -0.39 is 6.10 Å². The van der Waals surface area contributed by atoms with E-state index in [4.69, 9.17) is 21.4 Å². The number of unbranched alkanes of at least 4 members (excludes halogenated alkanes) is 1. The molecule has 0 aromatic carbocycles. The summed E-state index contributed by atoms with van der Waals surface area (Å²) in [6.45, 7) is 5.50. The molecule has 0 saturated carbocycles. The van der Waals surface area contributed by atoms with Gasteiger partial charge in [0.25, 0.3) is 0 Å². The number of aliphatic hydroxyl groups excluding tert-OH is 1. The average Bonchev–Trinajstić information content (AvgIpc) is 2.22. The summed E-state index contributed by atoms with van der Waals surface area (Å²) in [5.74, 6) is 0.892. The van der Waals surface area contributed by atoms with Gasteiger partial charge < -0.3 is 9.84 Å². The van der Waals surface area contributed by atoms with E-state index in [1.54, 1.807) is 0 Å². The van der Waals surface area contributed by atoms with Crippen LogP contribution in [0.1, 0.15) is 39.5 Å². The Kier molecular flexibility index (Phi) is 9.90. The molecule has 0 heterocycles. The minimum absolute atomic E-state index is 0.256. The van der Waals surface area contributed by atoms with Gasteiger partial charge in [0, 0.05) is 6.61 Å². The first kappa shape index (κ1) is 14.2. The fourth-order valence-electron chi connectivity index (χ4n) is 1.31. The van der Waals surface area contributed by atoms with Crippen molar-refractivity contribution in [3.8, 4) is 0 Å². The Balaban J connectivity index is 3.42. The van der Waals surface area contributed by atoms with Crippen molar-refractivity contribution < 1.29 is 9.84 Å². The van der Waals surface area contributed by atoms with Crippen LogP contribution in [-0.2, 0) is 4.74 Å². The Labute approximate surface area is 92.6 Å². The molecular formula is C11H23ClO2. The highest BCUT2D eigenvalue weighted by Crippen LogP contribution is 2.12. The topological polar surface area (TPSA) is 29.5 Å². The van der Waals surface area contributed by atoms with E-state index in [-0.39, 0.29) is 5.88 Å². The van der Waals surface area contributed by atoms with E-state index in [0.29, 0.717) is 12.5 Å². The fourth-order valence-corrected chi connectivity index (χ4v) is 1.40. The number of hydrogen-bond donors (Lipinski definition) is 1. The Morgan fingerprint density at radius 2 is 2.00 bits per heavy atom. The zero-order valence-corrected chi connectivity index (χ0v) is 10.1. The molecule has 3 heteroatoms. The van der Waals surface area contributed by atoms with Gasteiger partial charge in [-0.3, -0.25) is 0 Å². The molecular weight excluding hydrogens is 200 g/mol. The molecule has 0 amide bonds. The Hall–Kier alpha value is 0.210. The molecule has 0 saturated heterocycles. The third-order valence-corrected chi connectivity index (χ3v) is 2.74. The van der Waals surface area contributed by atoms with Crippen molar-refractivity contribution in [2.24, 2.45) is 5.92 Å². The van der Waals surface area contributed by atoms with Gasteiger partial charge in [-0.05, 0) is 12.3 Å². The third kappa shape index (κ3) is 7.60. The maximum atomic E-state index is 9.16. The quantitative estimate of drug-likeness (QED) is 0.608. The zero-order valence-electron chi connectivity index (χ0n) is 9.34. The van der Waals surface area contributed by atoms with Crippen molar-refractivity contribution in [1.82, 2.24) is 0 Å². The van der Waals surface area contributed by atoms with Crippen LogP contribution in [-0.4, -0.2) is 30.3 Å². The normalized spacial score (nSPS) is 15.4. The maximum Gasteiger partial charge on any atom is 0.0908 e. The molecule has 0 aromatic heterocycles. The van der Waals surface area contributed by atoms with Crippen LogP contribution in [0.5, 0.6) is 0 Å². The highest BCUT2D eigenvalue weighted by atomic mass is 35.5. The summed E-state index contributed by atoms with van der Waals surface area (Å²) in [5.41, 5.74) is 0. The van der Waals surface area contributed by atoms with Crippen LogP contribution in [0.15, 0.2) is 0 Å². The molecule has 1 N–H and O–H groups in total. The van der Waals surface area contributed by atoms with E-state index in [0.717, 1.165) is 13.0 Å². The molecule has 2 nitrogen and oxygen atoms in total. The van der Waals surface area contributed by atoms with E-state index in [1.807, 2.05) is 0 Å². The minimum atomic E-state index is -0.514. The van der Waals surface area contributed by atoms with E-state index in [1.165, 1.54) is 19.3 Å². The van der Waals surface area contributed by atoms with Gasteiger partial charge in [-0.15, -0.1) is 11.6 Å². The van der Waals surface area contributed by atoms with Gasteiger partial charge in [0.05, 0.1) is 18.6 Å². The lowest BCUT2D eigenvalue weighted by atomic mass is 10.0. The second kappa shape index (κ2) is 9.75. The number of rotatable bonds is 9. The lowest BCUT2D eigenvalue weighted by Gasteiger charge is -2.15. The molecule has 0 aliphatic carbocycles. The predicted molar refractivity (Wildman–Crippen MR) is 60.9 cm³/mol. The summed E-state index contributed by atoms with van der Waals surface area (Å²) < 4.78 is 5.40. The average molecular weight is 223 g/mol. The van der Waals surface area contributed by atoms with Crippen molar-refractivity contribution in [1.29, 1.82) is 0 Å². The van der Waals surface area contributed by atoms with Crippen LogP contribution in [0.2, 0.25) is 0 Å². The van der Waals surface area contributed by atoms with E-state index in [9.17, 15) is 0 Å². The highest BCUT2D eigenvalue weighted by molar-refractivity contribution is 6.18. The summed E-state index contributed by atoms with van der Waals surface area (Å²) in [5, 5.41) is 9.16. The van der Waals surface area contributed by atoms with Crippen LogP contribution in [0.25, 0.3) is 0 Å². The van der Waals surface area contributed by atoms with Crippen LogP contribution in [0, 0.1) is 5.92 Å². The molecule has 0 radical (unpaired) electrons. The summed E-state index contributed by atoms with van der Waals surface area (Å²) in [6, 6.07) is 0. The van der Waals surface area contributed by atoms with Crippen molar-refractivity contribution in [3.05, 3.63) is 0 Å². The third-order valence-electron chi connectivity index (χ3n) is 2.39. The summed E-state index contributed by atoms with van der Waals surface area (Å²) in [4.78, 5) is 0. The van der Waals surface area contributed by atoms with Crippen LogP contribution >= 0.6 is 11.6 Å². The molecule has 2 atom stereocenters. The van der Waals surface area contributed by atoms with Gasteiger partial charge in [0.1, 0.15) is 0 Å². The molecule has 0 rings (SSSR count). The molecule has 0 aliphatic rings. The Morgan fingerprint density at radius 1 is 1.29 bits per heavy atom. The first-order chi connectivity index (χ1) is 6.74. The number of alkyl halides is 1. The second-order valence-electron chi connectivity index (χ2n) is 3.76. The minimum Gasteiger partial charge on any atom is -0.389 e. The van der Waals surface area contributed by atoms with E-state index in [2.05, 4.69) is 13.8 Å². The molecule has 86 valence electrons. The number of aliphatic hydroxyl groups is 1. The Bertz CT molecular complexity index is 120. The first-order valence-electron chi connectivity index (χ1n) is 5.56. The van der Waals surface area contributed by atoms with Crippen molar-refractivity contribution in [2.75, 3.05) is 19.1 Å². The van der Waals surface area contributed by atoms with E-state index >= 15 is 0 Å². The van der Waals surface area contributed by atoms with Gasteiger partial charge >= 0.3 is 0 Å². The maximum absolute atomic E-state index is 9.16. The molecule has 0 aromatic rings. The summed E-state index contributed by atoms with van der Waals surface area (Å²) in [6.07, 6.45) is 4.36. The first-order valence-corrected chi connectivity index (χ1v) is 6.09. The van der Waals surface area contributed by atoms with Gasteiger partial charge in [-0.25, -0.2) is 0 Å². The molecule has 14 heavy (non-hydrogen) atoms. The molecule has 0 aliphatic heterocycles. The standard InChI is InChI=1S/C11H23ClO2/c1-3-5-6-10(4-2)8-14-9-11(13)7-12/h10-11,13H,3-9H2,1-2H3/t10-,11+/m0/s1. The smallest absolute Gasteiger partial charge is 0.0908 e. The van der Waals surface area contributed by atoms with Crippen LogP contribution < -0.4 is 0 Å². The predicted octanol–water partition coefficient (Wildman–Crippen LogP) is 2.82. The molecule has 0 unspecified atom stereocenters. The van der Waals surface area contributed by atoms with Gasteiger partial charge in [-0.1, -0.05) is 33.1 Å². The number of halogens is 1. The monoisotopic (exact) mass is 222 g/mol. The van der Waals surface area contributed by atoms with Crippen LogP contribution in [0.3, 0.4) is 0 Å². The Morgan fingerprint density at radius 3 is 2.50 bits per heavy atom. The van der Waals surface area contributed by atoms with Crippen molar-refractivity contribution in [2.45, 2.75) is 45.6 Å². The molecule has 0 bridgehead atoms. The summed E-state index contributed by atoms with van der Waals surface area (Å²) >= 11 is 5.45. The van der Waals surface area contributed by atoms with Crippen molar-refractivity contribution in [3.63, 3.8) is 0 Å². The summed E-state index contributed by atoms with van der Waals surface area (Å²) in [7, 11) is 0. The lowest BCUT2D eigenvalue weighted by Crippen LogP contribution is -2.19. The largest absolute Gasteiger partial charge is 0.389 e.